The molecule has 0 aliphatic rings. The number of carbonyl (C=O) groups is 1. The standard InChI is InChI=1S/C19H24N4O3/c20-10-12-26-11-9-13-3-1-2-4-16(13)17(19(24)25)23-15-7-5-14(6-8-15)18(21)22/h1-8,17,23H,9-12,20H2,(H3,21,22)(H,24,25). The van der Waals surface area contributed by atoms with Crippen LogP contribution in [0, 0.1) is 5.41 Å². The van der Waals surface area contributed by atoms with Gasteiger partial charge in [-0.15, -0.1) is 0 Å². The molecule has 26 heavy (non-hydrogen) atoms. The van der Waals surface area contributed by atoms with E-state index in [9.17, 15) is 9.90 Å². The SMILES string of the molecule is N=C(N)c1ccc(NC(C(=O)O)c2ccccc2CCOCCN)cc1. The Labute approximate surface area is 152 Å². The largest absolute Gasteiger partial charge is 0.479 e. The van der Waals surface area contributed by atoms with E-state index in [1.165, 1.54) is 0 Å². The van der Waals surface area contributed by atoms with Crippen molar-refractivity contribution in [2.45, 2.75) is 12.5 Å². The van der Waals surface area contributed by atoms with Crippen LogP contribution < -0.4 is 16.8 Å². The fraction of sp³-hybridized carbons (Fsp3) is 0.263. The Bertz CT molecular complexity index is 747. The second kappa shape index (κ2) is 9.55. The van der Waals surface area contributed by atoms with Gasteiger partial charge in [0.15, 0.2) is 6.04 Å². The number of hydrogen-bond donors (Lipinski definition) is 5. The molecule has 0 saturated heterocycles. The van der Waals surface area contributed by atoms with Crippen LogP contribution in [0.5, 0.6) is 0 Å². The molecule has 2 aromatic carbocycles. The number of nitrogen functional groups attached to an aromatic ring is 1. The minimum Gasteiger partial charge on any atom is -0.479 e. The molecule has 0 amide bonds. The number of carboxylic acids is 1. The summed E-state index contributed by atoms with van der Waals surface area (Å²) in [4.78, 5) is 11.8. The number of nitrogens with one attached hydrogen (secondary N) is 2. The van der Waals surface area contributed by atoms with Crippen LogP contribution in [0.15, 0.2) is 48.5 Å². The third-order valence-electron chi connectivity index (χ3n) is 3.90. The predicted octanol–water partition coefficient (Wildman–Crippen LogP) is 1.73. The molecule has 0 saturated carbocycles. The van der Waals surface area contributed by atoms with Crippen LogP contribution in [-0.4, -0.2) is 36.7 Å². The molecule has 7 heteroatoms. The maximum atomic E-state index is 11.8. The van der Waals surface area contributed by atoms with Gasteiger partial charge in [0, 0.05) is 17.8 Å². The van der Waals surface area contributed by atoms with Gasteiger partial charge in [0.05, 0.1) is 13.2 Å². The summed E-state index contributed by atoms with van der Waals surface area (Å²) in [6, 6.07) is 13.3. The monoisotopic (exact) mass is 356 g/mol. The van der Waals surface area contributed by atoms with Crippen molar-refractivity contribution in [2.24, 2.45) is 11.5 Å². The first-order valence-corrected chi connectivity index (χ1v) is 8.32. The average Bonchev–Trinajstić information content (AvgIpc) is 2.64. The Morgan fingerprint density at radius 2 is 1.85 bits per heavy atom. The van der Waals surface area contributed by atoms with Gasteiger partial charge < -0.3 is 26.6 Å². The van der Waals surface area contributed by atoms with Crippen molar-refractivity contribution < 1.29 is 14.6 Å². The molecule has 7 nitrogen and oxygen atoms in total. The zero-order chi connectivity index (χ0) is 18.9. The van der Waals surface area contributed by atoms with E-state index in [-0.39, 0.29) is 5.84 Å². The van der Waals surface area contributed by atoms with Crippen molar-refractivity contribution in [3.05, 3.63) is 65.2 Å². The van der Waals surface area contributed by atoms with Crippen LogP contribution in [0.2, 0.25) is 0 Å². The van der Waals surface area contributed by atoms with Crippen LogP contribution in [0.4, 0.5) is 5.69 Å². The first kappa shape index (κ1) is 19.4. The zero-order valence-corrected chi connectivity index (χ0v) is 14.4. The minimum absolute atomic E-state index is 0.0332. The number of ether oxygens (including phenoxy) is 1. The lowest BCUT2D eigenvalue weighted by Crippen LogP contribution is -2.22. The number of carboxylic acid groups (broad SMARTS) is 1. The topological polar surface area (TPSA) is 134 Å². The molecule has 0 spiro atoms. The Morgan fingerprint density at radius 1 is 1.15 bits per heavy atom. The van der Waals surface area contributed by atoms with Crippen LogP contribution >= 0.6 is 0 Å². The highest BCUT2D eigenvalue weighted by atomic mass is 16.5. The van der Waals surface area contributed by atoms with Crippen molar-refractivity contribution >= 4 is 17.5 Å². The van der Waals surface area contributed by atoms with Crippen molar-refractivity contribution in [3.8, 4) is 0 Å². The number of aliphatic carboxylic acids is 1. The zero-order valence-electron chi connectivity index (χ0n) is 14.4. The van der Waals surface area contributed by atoms with Gasteiger partial charge in [0.2, 0.25) is 0 Å². The summed E-state index contributed by atoms with van der Waals surface area (Å²) in [5.74, 6) is -1.01. The first-order valence-electron chi connectivity index (χ1n) is 8.32. The second-order valence-electron chi connectivity index (χ2n) is 5.76. The number of nitrogens with two attached hydrogens (primary N) is 2. The van der Waals surface area contributed by atoms with E-state index in [1.807, 2.05) is 18.2 Å². The molecule has 1 atom stereocenters. The summed E-state index contributed by atoms with van der Waals surface area (Å²) in [6.07, 6.45) is 0.602. The lowest BCUT2D eigenvalue weighted by molar-refractivity contribution is -0.138. The number of hydrogen-bond acceptors (Lipinski definition) is 5. The van der Waals surface area contributed by atoms with Gasteiger partial charge in [-0.1, -0.05) is 24.3 Å². The van der Waals surface area contributed by atoms with E-state index in [4.69, 9.17) is 21.6 Å². The van der Waals surface area contributed by atoms with E-state index >= 15 is 0 Å². The summed E-state index contributed by atoms with van der Waals surface area (Å²) < 4.78 is 5.41. The highest BCUT2D eigenvalue weighted by Gasteiger charge is 2.22. The third-order valence-corrected chi connectivity index (χ3v) is 3.90. The Morgan fingerprint density at radius 3 is 2.46 bits per heavy atom. The number of benzene rings is 2. The molecule has 0 aliphatic carbocycles. The normalized spacial score (nSPS) is 11.7. The fourth-order valence-electron chi connectivity index (χ4n) is 2.60. The lowest BCUT2D eigenvalue weighted by atomic mass is 9.98. The van der Waals surface area contributed by atoms with Crippen LogP contribution in [0.25, 0.3) is 0 Å². The maximum Gasteiger partial charge on any atom is 0.330 e. The summed E-state index contributed by atoms with van der Waals surface area (Å²) >= 11 is 0. The Balaban J connectivity index is 2.18. The van der Waals surface area contributed by atoms with Gasteiger partial charge in [-0.2, -0.15) is 0 Å². The van der Waals surface area contributed by atoms with Crippen LogP contribution in [0.1, 0.15) is 22.7 Å². The maximum absolute atomic E-state index is 11.8. The molecule has 1 unspecified atom stereocenters. The first-order chi connectivity index (χ1) is 12.5. The smallest absolute Gasteiger partial charge is 0.330 e. The van der Waals surface area contributed by atoms with Gasteiger partial charge in [-0.3, -0.25) is 5.41 Å². The van der Waals surface area contributed by atoms with E-state index in [1.54, 1.807) is 30.3 Å². The molecular weight excluding hydrogens is 332 g/mol. The molecule has 0 aliphatic heterocycles. The summed E-state index contributed by atoms with van der Waals surface area (Å²) in [5, 5.41) is 20.1. The highest BCUT2D eigenvalue weighted by Crippen LogP contribution is 2.24. The molecule has 0 bridgehead atoms. The molecule has 0 radical (unpaired) electrons. The molecule has 2 rings (SSSR count). The fourth-order valence-corrected chi connectivity index (χ4v) is 2.60. The molecule has 0 heterocycles. The molecule has 0 fully saturated rings. The second-order valence-corrected chi connectivity index (χ2v) is 5.76. The summed E-state index contributed by atoms with van der Waals surface area (Å²) in [6.45, 7) is 1.41. The van der Waals surface area contributed by atoms with E-state index in [2.05, 4.69) is 5.32 Å². The number of amidine groups is 1. The lowest BCUT2D eigenvalue weighted by Gasteiger charge is -2.19. The number of anilines is 1. The molecular formula is C19H24N4O3. The van der Waals surface area contributed by atoms with Gasteiger partial charge >= 0.3 is 5.97 Å². The highest BCUT2D eigenvalue weighted by molar-refractivity contribution is 5.95. The molecule has 0 aromatic heterocycles. The molecule has 2 aromatic rings. The Hall–Kier alpha value is -2.90. The predicted molar refractivity (Wildman–Crippen MR) is 101 cm³/mol. The quantitative estimate of drug-likeness (QED) is 0.250. The van der Waals surface area contributed by atoms with Crippen molar-refractivity contribution in [3.63, 3.8) is 0 Å². The van der Waals surface area contributed by atoms with Crippen molar-refractivity contribution in [1.29, 1.82) is 5.41 Å². The van der Waals surface area contributed by atoms with Crippen molar-refractivity contribution in [1.82, 2.24) is 0 Å². The van der Waals surface area contributed by atoms with Gasteiger partial charge in [-0.05, 0) is 41.8 Å². The van der Waals surface area contributed by atoms with Crippen LogP contribution in [-0.2, 0) is 16.0 Å². The van der Waals surface area contributed by atoms with E-state index in [0.717, 1.165) is 5.56 Å². The van der Waals surface area contributed by atoms with Crippen LogP contribution in [0.3, 0.4) is 0 Å². The van der Waals surface area contributed by atoms with E-state index < -0.39 is 12.0 Å². The van der Waals surface area contributed by atoms with Gasteiger partial charge in [0.1, 0.15) is 5.84 Å². The molecule has 7 N–H and O–H groups in total. The molecule has 138 valence electrons. The van der Waals surface area contributed by atoms with Gasteiger partial charge in [0.25, 0.3) is 0 Å². The Kier molecular flexibility index (Phi) is 7.13. The summed E-state index contributed by atoms with van der Waals surface area (Å²) in [5.41, 5.74) is 13.7. The van der Waals surface area contributed by atoms with E-state index in [0.29, 0.717) is 43.0 Å². The third kappa shape index (κ3) is 5.30. The van der Waals surface area contributed by atoms with Gasteiger partial charge in [-0.25, -0.2) is 4.79 Å². The average molecular weight is 356 g/mol. The van der Waals surface area contributed by atoms with Crippen molar-refractivity contribution in [2.75, 3.05) is 25.1 Å². The summed E-state index contributed by atoms with van der Waals surface area (Å²) in [7, 11) is 0. The minimum atomic E-state index is -0.976. The number of rotatable bonds is 10.